The number of piperazine rings is 1. The molecule has 4 rings (SSSR count). The SMILES string of the molecule is CCN1CCN(Cc2cc(C)cc(CN3CCOC(c4nn[nH]n4)C3)c2C)CC1. The maximum Gasteiger partial charge on any atom is 0.204 e. The normalized spacial score (nSPS) is 22.2. The predicted molar refractivity (Wildman–Crippen MR) is 111 cm³/mol. The molecular weight excluding hydrogens is 366 g/mol. The minimum atomic E-state index is -0.109. The number of aryl methyl sites for hydroxylation is 1. The number of ether oxygens (including phenoxy) is 1. The summed E-state index contributed by atoms with van der Waals surface area (Å²) in [5.41, 5.74) is 5.65. The molecule has 2 aromatic rings. The second-order valence-corrected chi connectivity index (χ2v) is 8.28. The Bertz CT molecular complexity index is 787. The highest BCUT2D eigenvalue weighted by atomic mass is 16.5. The Hall–Kier alpha value is -1.87. The number of hydrogen-bond acceptors (Lipinski definition) is 7. The van der Waals surface area contributed by atoms with Gasteiger partial charge in [-0.05, 0) is 37.1 Å². The molecule has 0 amide bonds. The standard InChI is InChI=1S/C21H33N7O/c1-4-26-5-7-27(8-6-26)13-18-11-16(2)12-19(17(18)3)14-28-9-10-29-20(15-28)21-22-24-25-23-21/h11-12,20H,4-10,13-15H2,1-3H3,(H,22,23,24,25). The highest BCUT2D eigenvalue weighted by Gasteiger charge is 2.26. The molecule has 2 aliphatic heterocycles. The summed E-state index contributed by atoms with van der Waals surface area (Å²) in [6.45, 7) is 17.0. The van der Waals surface area contributed by atoms with E-state index in [9.17, 15) is 0 Å². The van der Waals surface area contributed by atoms with Crippen LogP contribution in [0, 0.1) is 13.8 Å². The van der Waals surface area contributed by atoms with E-state index in [4.69, 9.17) is 4.74 Å². The van der Waals surface area contributed by atoms with Crippen LogP contribution in [0.1, 0.15) is 41.1 Å². The summed E-state index contributed by atoms with van der Waals surface area (Å²) >= 11 is 0. The van der Waals surface area contributed by atoms with E-state index in [2.05, 4.69) is 68.2 Å². The van der Waals surface area contributed by atoms with Gasteiger partial charge in [-0.25, -0.2) is 0 Å². The fraction of sp³-hybridized carbons (Fsp3) is 0.667. The molecule has 0 radical (unpaired) electrons. The summed E-state index contributed by atoms with van der Waals surface area (Å²) in [7, 11) is 0. The maximum absolute atomic E-state index is 5.85. The lowest BCUT2D eigenvalue weighted by atomic mass is 9.97. The molecule has 0 bridgehead atoms. The fourth-order valence-electron chi connectivity index (χ4n) is 4.40. The van der Waals surface area contributed by atoms with Gasteiger partial charge in [0.05, 0.1) is 6.61 Å². The van der Waals surface area contributed by atoms with E-state index in [0.717, 1.165) is 45.8 Å². The molecule has 1 N–H and O–H groups in total. The molecule has 1 aromatic carbocycles. The minimum absolute atomic E-state index is 0.109. The largest absolute Gasteiger partial charge is 0.367 e. The Balaban J connectivity index is 1.42. The number of likely N-dealkylation sites (N-methyl/N-ethyl adjacent to an activating group) is 1. The van der Waals surface area contributed by atoms with Gasteiger partial charge < -0.3 is 9.64 Å². The first-order chi connectivity index (χ1) is 14.1. The van der Waals surface area contributed by atoms with Crippen LogP contribution in [0.3, 0.4) is 0 Å². The van der Waals surface area contributed by atoms with Crippen LogP contribution in [-0.2, 0) is 17.8 Å². The molecule has 3 heterocycles. The molecule has 158 valence electrons. The van der Waals surface area contributed by atoms with E-state index in [0.29, 0.717) is 12.4 Å². The molecule has 8 heteroatoms. The van der Waals surface area contributed by atoms with Crippen molar-refractivity contribution in [3.63, 3.8) is 0 Å². The first-order valence-electron chi connectivity index (χ1n) is 10.7. The Morgan fingerprint density at radius 2 is 1.69 bits per heavy atom. The quantitative estimate of drug-likeness (QED) is 0.790. The summed E-state index contributed by atoms with van der Waals surface area (Å²) < 4.78 is 5.85. The Labute approximate surface area is 173 Å². The van der Waals surface area contributed by atoms with Crippen LogP contribution >= 0.6 is 0 Å². The molecule has 8 nitrogen and oxygen atoms in total. The van der Waals surface area contributed by atoms with Gasteiger partial charge in [-0.3, -0.25) is 9.80 Å². The van der Waals surface area contributed by atoms with Gasteiger partial charge in [0, 0.05) is 52.4 Å². The highest BCUT2D eigenvalue weighted by Crippen LogP contribution is 2.24. The number of nitrogens with one attached hydrogen (secondary N) is 1. The monoisotopic (exact) mass is 399 g/mol. The molecule has 0 aliphatic carbocycles. The number of benzene rings is 1. The third-order valence-corrected chi connectivity index (χ3v) is 6.27. The first-order valence-corrected chi connectivity index (χ1v) is 10.7. The van der Waals surface area contributed by atoms with Crippen LogP contribution in [0.5, 0.6) is 0 Å². The number of H-pyrrole nitrogens is 1. The predicted octanol–water partition coefficient (Wildman–Crippen LogP) is 1.53. The lowest BCUT2D eigenvalue weighted by Gasteiger charge is -2.35. The number of nitrogens with zero attached hydrogens (tertiary/aromatic N) is 6. The van der Waals surface area contributed by atoms with Gasteiger partial charge in [-0.1, -0.05) is 29.8 Å². The summed E-state index contributed by atoms with van der Waals surface area (Å²) in [5, 5.41) is 14.4. The third-order valence-electron chi connectivity index (χ3n) is 6.27. The smallest absolute Gasteiger partial charge is 0.204 e. The lowest BCUT2D eigenvalue weighted by Crippen LogP contribution is -2.45. The molecule has 0 spiro atoms. The summed E-state index contributed by atoms with van der Waals surface area (Å²) in [6, 6.07) is 4.71. The number of aromatic nitrogens is 4. The Morgan fingerprint density at radius 1 is 1.00 bits per heavy atom. The number of morpholine rings is 1. The van der Waals surface area contributed by atoms with Gasteiger partial charge in [-0.2, -0.15) is 5.21 Å². The topological polar surface area (TPSA) is 73.4 Å². The number of rotatable bonds is 6. The van der Waals surface area contributed by atoms with Gasteiger partial charge in [0.2, 0.25) is 5.82 Å². The Morgan fingerprint density at radius 3 is 2.34 bits per heavy atom. The van der Waals surface area contributed by atoms with Gasteiger partial charge in [0.15, 0.2) is 0 Å². The van der Waals surface area contributed by atoms with Gasteiger partial charge >= 0.3 is 0 Å². The van der Waals surface area contributed by atoms with Crippen molar-refractivity contribution in [1.82, 2.24) is 35.3 Å². The third kappa shape index (κ3) is 5.01. The second kappa shape index (κ2) is 9.30. The first kappa shape index (κ1) is 20.4. The zero-order valence-corrected chi connectivity index (χ0v) is 17.9. The molecule has 2 saturated heterocycles. The van der Waals surface area contributed by atoms with E-state index in [1.54, 1.807) is 0 Å². The van der Waals surface area contributed by atoms with Crippen molar-refractivity contribution in [1.29, 1.82) is 0 Å². The average molecular weight is 400 g/mol. The molecule has 0 saturated carbocycles. The molecule has 2 fully saturated rings. The van der Waals surface area contributed by atoms with Gasteiger partial charge in [-0.15, -0.1) is 10.2 Å². The van der Waals surface area contributed by atoms with Crippen molar-refractivity contribution < 1.29 is 4.74 Å². The van der Waals surface area contributed by atoms with Crippen molar-refractivity contribution >= 4 is 0 Å². The van der Waals surface area contributed by atoms with Crippen LogP contribution < -0.4 is 0 Å². The molecule has 1 unspecified atom stereocenters. The van der Waals surface area contributed by atoms with Crippen LogP contribution in [0.25, 0.3) is 0 Å². The van der Waals surface area contributed by atoms with Crippen molar-refractivity contribution in [2.45, 2.75) is 40.0 Å². The van der Waals surface area contributed by atoms with Crippen molar-refractivity contribution in [3.8, 4) is 0 Å². The van der Waals surface area contributed by atoms with Gasteiger partial charge in [0.1, 0.15) is 6.10 Å². The van der Waals surface area contributed by atoms with Crippen LogP contribution in [-0.4, -0.2) is 87.7 Å². The molecule has 2 aliphatic rings. The van der Waals surface area contributed by atoms with Crippen molar-refractivity contribution in [2.75, 3.05) is 52.4 Å². The minimum Gasteiger partial charge on any atom is -0.367 e. The molecule has 1 aromatic heterocycles. The second-order valence-electron chi connectivity index (χ2n) is 8.28. The molecule has 29 heavy (non-hydrogen) atoms. The van der Waals surface area contributed by atoms with E-state index in [1.165, 1.54) is 35.3 Å². The molecular formula is C21H33N7O. The van der Waals surface area contributed by atoms with E-state index < -0.39 is 0 Å². The average Bonchev–Trinajstić information content (AvgIpc) is 3.27. The summed E-state index contributed by atoms with van der Waals surface area (Å²) in [6.07, 6.45) is -0.109. The fourth-order valence-corrected chi connectivity index (χ4v) is 4.40. The summed E-state index contributed by atoms with van der Waals surface area (Å²) in [5.74, 6) is 0.641. The zero-order valence-electron chi connectivity index (χ0n) is 17.9. The van der Waals surface area contributed by atoms with E-state index in [1.807, 2.05) is 0 Å². The van der Waals surface area contributed by atoms with Crippen molar-refractivity contribution in [3.05, 3.63) is 40.2 Å². The van der Waals surface area contributed by atoms with Crippen LogP contribution in [0.4, 0.5) is 0 Å². The van der Waals surface area contributed by atoms with Crippen molar-refractivity contribution in [2.24, 2.45) is 0 Å². The number of tetrazole rings is 1. The maximum atomic E-state index is 5.85. The lowest BCUT2D eigenvalue weighted by molar-refractivity contribution is -0.0372. The Kier molecular flexibility index (Phi) is 6.54. The van der Waals surface area contributed by atoms with E-state index in [-0.39, 0.29) is 6.10 Å². The van der Waals surface area contributed by atoms with E-state index >= 15 is 0 Å². The van der Waals surface area contributed by atoms with Crippen LogP contribution in [0.2, 0.25) is 0 Å². The van der Waals surface area contributed by atoms with Gasteiger partial charge in [0.25, 0.3) is 0 Å². The summed E-state index contributed by atoms with van der Waals surface area (Å²) in [4.78, 5) is 7.57. The zero-order chi connectivity index (χ0) is 20.2. The number of aromatic amines is 1. The molecule has 1 atom stereocenters. The number of hydrogen-bond donors (Lipinski definition) is 1. The highest BCUT2D eigenvalue weighted by molar-refractivity contribution is 5.38. The van der Waals surface area contributed by atoms with Crippen LogP contribution in [0.15, 0.2) is 12.1 Å².